The molecule has 3 rings (SSSR count). The average Bonchev–Trinajstić information content (AvgIpc) is 2.63. The predicted molar refractivity (Wildman–Crippen MR) is 101 cm³/mol. The summed E-state index contributed by atoms with van der Waals surface area (Å²) < 4.78 is 5.83. The van der Waals surface area contributed by atoms with Crippen molar-refractivity contribution in [3.05, 3.63) is 35.4 Å². The molecule has 0 bridgehead atoms. The lowest BCUT2D eigenvalue weighted by molar-refractivity contribution is -0.156. The van der Waals surface area contributed by atoms with Crippen molar-refractivity contribution in [1.29, 1.82) is 0 Å². The van der Waals surface area contributed by atoms with Crippen LogP contribution in [-0.4, -0.2) is 31.1 Å². The van der Waals surface area contributed by atoms with E-state index in [9.17, 15) is 4.79 Å². The van der Waals surface area contributed by atoms with Crippen LogP contribution < -0.4 is 0 Å². The maximum absolute atomic E-state index is 12.3. The lowest BCUT2D eigenvalue weighted by atomic mass is 9.82. The SMILES string of the molecule is CN(C)Cc1ccc(C2CCC(OC(=O)C3CCCCC3)CC2)cc1. The van der Waals surface area contributed by atoms with Gasteiger partial charge in [-0.2, -0.15) is 0 Å². The maximum atomic E-state index is 12.3. The molecule has 0 N–H and O–H groups in total. The maximum Gasteiger partial charge on any atom is 0.309 e. The van der Waals surface area contributed by atoms with Crippen molar-refractivity contribution in [3.63, 3.8) is 0 Å². The summed E-state index contributed by atoms with van der Waals surface area (Å²) in [4.78, 5) is 14.5. The van der Waals surface area contributed by atoms with E-state index in [-0.39, 0.29) is 18.0 Å². The molecule has 138 valence electrons. The second-order valence-electron chi connectivity index (χ2n) is 8.22. The molecule has 25 heavy (non-hydrogen) atoms. The van der Waals surface area contributed by atoms with Crippen molar-refractivity contribution in [3.8, 4) is 0 Å². The summed E-state index contributed by atoms with van der Waals surface area (Å²) in [5.41, 5.74) is 2.81. The van der Waals surface area contributed by atoms with Gasteiger partial charge in [0.2, 0.25) is 0 Å². The molecule has 1 aromatic carbocycles. The van der Waals surface area contributed by atoms with Gasteiger partial charge >= 0.3 is 5.97 Å². The minimum absolute atomic E-state index is 0.0798. The topological polar surface area (TPSA) is 29.5 Å². The third-order valence-electron chi connectivity index (χ3n) is 5.85. The Kier molecular flexibility index (Phi) is 6.52. The highest BCUT2D eigenvalue weighted by Gasteiger charge is 2.28. The lowest BCUT2D eigenvalue weighted by Gasteiger charge is -2.30. The van der Waals surface area contributed by atoms with Gasteiger partial charge in [-0.3, -0.25) is 4.79 Å². The standard InChI is InChI=1S/C22H33NO2/c1-23(2)16-17-8-10-18(11-9-17)19-12-14-21(15-13-19)25-22(24)20-6-4-3-5-7-20/h8-11,19-21H,3-7,12-16H2,1-2H3. The largest absolute Gasteiger partial charge is 0.462 e. The zero-order chi connectivity index (χ0) is 17.6. The lowest BCUT2D eigenvalue weighted by Crippen LogP contribution is -2.28. The van der Waals surface area contributed by atoms with Gasteiger partial charge in [0.1, 0.15) is 6.10 Å². The smallest absolute Gasteiger partial charge is 0.309 e. The summed E-state index contributed by atoms with van der Waals surface area (Å²) in [7, 11) is 4.20. The van der Waals surface area contributed by atoms with E-state index in [4.69, 9.17) is 4.74 Å². The highest BCUT2D eigenvalue weighted by molar-refractivity contribution is 5.72. The summed E-state index contributed by atoms with van der Waals surface area (Å²) in [5.74, 6) is 0.880. The molecule has 2 aliphatic rings. The third-order valence-corrected chi connectivity index (χ3v) is 5.85. The Morgan fingerprint density at radius 1 is 0.960 bits per heavy atom. The first-order chi connectivity index (χ1) is 12.1. The van der Waals surface area contributed by atoms with Crippen LogP contribution in [0.25, 0.3) is 0 Å². The Morgan fingerprint density at radius 3 is 2.20 bits per heavy atom. The molecule has 0 amide bonds. The Labute approximate surface area is 152 Å². The zero-order valence-electron chi connectivity index (χ0n) is 15.9. The van der Waals surface area contributed by atoms with Crippen LogP contribution in [0.1, 0.15) is 74.8 Å². The van der Waals surface area contributed by atoms with Crippen LogP contribution >= 0.6 is 0 Å². The first-order valence-corrected chi connectivity index (χ1v) is 10.1. The van der Waals surface area contributed by atoms with Crippen molar-refractivity contribution >= 4 is 5.97 Å². The molecule has 0 spiro atoms. The third kappa shape index (κ3) is 5.31. The highest BCUT2D eigenvalue weighted by Crippen LogP contribution is 2.35. The van der Waals surface area contributed by atoms with Gasteiger partial charge in [-0.15, -0.1) is 0 Å². The van der Waals surface area contributed by atoms with E-state index < -0.39 is 0 Å². The van der Waals surface area contributed by atoms with Crippen molar-refractivity contribution < 1.29 is 9.53 Å². The van der Waals surface area contributed by atoms with E-state index in [0.29, 0.717) is 5.92 Å². The van der Waals surface area contributed by atoms with Crippen molar-refractivity contribution in [2.24, 2.45) is 5.92 Å². The summed E-state index contributed by atoms with van der Waals surface area (Å²) in [5, 5.41) is 0. The average molecular weight is 344 g/mol. The van der Waals surface area contributed by atoms with Crippen LogP contribution in [0.5, 0.6) is 0 Å². The van der Waals surface area contributed by atoms with E-state index in [1.54, 1.807) is 0 Å². The predicted octanol–water partition coefficient (Wildman–Crippen LogP) is 4.90. The normalized spacial score (nSPS) is 25.1. The fraction of sp³-hybridized carbons (Fsp3) is 0.682. The van der Waals surface area contributed by atoms with E-state index in [1.165, 1.54) is 30.4 Å². The molecule has 0 heterocycles. The van der Waals surface area contributed by atoms with E-state index in [1.807, 2.05) is 0 Å². The van der Waals surface area contributed by atoms with E-state index in [2.05, 4.69) is 43.3 Å². The summed E-state index contributed by atoms with van der Waals surface area (Å²) in [6.07, 6.45) is 10.2. The first kappa shape index (κ1) is 18.4. The van der Waals surface area contributed by atoms with Gasteiger partial charge in [-0.05, 0) is 69.7 Å². The molecule has 0 aromatic heterocycles. The Morgan fingerprint density at radius 2 is 1.60 bits per heavy atom. The molecule has 2 saturated carbocycles. The van der Waals surface area contributed by atoms with Crippen LogP contribution in [0.2, 0.25) is 0 Å². The Balaban J connectivity index is 1.45. The van der Waals surface area contributed by atoms with Crippen molar-refractivity contribution in [1.82, 2.24) is 4.90 Å². The van der Waals surface area contributed by atoms with E-state index >= 15 is 0 Å². The fourth-order valence-electron chi connectivity index (χ4n) is 4.37. The quantitative estimate of drug-likeness (QED) is 0.712. The number of nitrogens with zero attached hydrogens (tertiary/aromatic N) is 1. The van der Waals surface area contributed by atoms with Gasteiger partial charge in [0.05, 0.1) is 5.92 Å². The van der Waals surface area contributed by atoms with Gasteiger partial charge in [0.15, 0.2) is 0 Å². The number of ether oxygens (including phenoxy) is 1. The molecule has 0 radical (unpaired) electrons. The second kappa shape index (κ2) is 8.84. The molecule has 0 aliphatic heterocycles. The van der Waals surface area contributed by atoms with Crippen LogP contribution in [0.15, 0.2) is 24.3 Å². The number of carbonyl (C=O) groups excluding carboxylic acids is 1. The molecule has 0 atom stereocenters. The molecular formula is C22H33NO2. The number of hydrogen-bond acceptors (Lipinski definition) is 3. The van der Waals surface area contributed by atoms with Crippen LogP contribution in [0.4, 0.5) is 0 Å². The summed E-state index contributed by atoms with van der Waals surface area (Å²) >= 11 is 0. The summed E-state index contributed by atoms with van der Waals surface area (Å²) in [6.45, 7) is 0.990. The Bertz CT molecular complexity index is 538. The molecule has 3 nitrogen and oxygen atoms in total. The molecule has 0 unspecified atom stereocenters. The number of carbonyl (C=O) groups is 1. The number of rotatable bonds is 5. The van der Waals surface area contributed by atoms with Gasteiger partial charge in [0, 0.05) is 6.54 Å². The van der Waals surface area contributed by atoms with Gasteiger partial charge in [-0.1, -0.05) is 43.5 Å². The summed E-state index contributed by atoms with van der Waals surface area (Å²) in [6, 6.07) is 9.09. The molecule has 2 fully saturated rings. The van der Waals surface area contributed by atoms with Crippen LogP contribution in [0, 0.1) is 5.92 Å². The molecular weight excluding hydrogens is 310 g/mol. The minimum Gasteiger partial charge on any atom is -0.462 e. The highest BCUT2D eigenvalue weighted by atomic mass is 16.5. The molecule has 1 aromatic rings. The minimum atomic E-state index is 0.0798. The van der Waals surface area contributed by atoms with Gasteiger partial charge in [-0.25, -0.2) is 0 Å². The second-order valence-corrected chi connectivity index (χ2v) is 8.22. The zero-order valence-corrected chi connectivity index (χ0v) is 15.9. The van der Waals surface area contributed by atoms with E-state index in [0.717, 1.165) is 45.1 Å². The van der Waals surface area contributed by atoms with Gasteiger partial charge in [0.25, 0.3) is 0 Å². The van der Waals surface area contributed by atoms with Crippen LogP contribution in [-0.2, 0) is 16.1 Å². The fourth-order valence-corrected chi connectivity index (χ4v) is 4.37. The van der Waals surface area contributed by atoms with Gasteiger partial charge < -0.3 is 9.64 Å². The van der Waals surface area contributed by atoms with Crippen molar-refractivity contribution in [2.45, 2.75) is 76.4 Å². The molecule has 2 aliphatic carbocycles. The van der Waals surface area contributed by atoms with Crippen LogP contribution in [0.3, 0.4) is 0 Å². The van der Waals surface area contributed by atoms with Crippen molar-refractivity contribution in [2.75, 3.05) is 14.1 Å². The monoisotopic (exact) mass is 343 g/mol. The number of esters is 1. The Hall–Kier alpha value is -1.35. The molecule has 0 saturated heterocycles. The number of hydrogen-bond donors (Lipinski definition) is 0. The molecule has 3 heteroatoms. The first-order valence-electron chi connectivity index (χ1n) is 10.1. The number of benzene rings is 1.